The Bertz CT molecular complexity index is 163. The Kier molecular flexibility index (Phi) is 2.92. The van der Waals surface area contributed by atoms with Gasteiger partial charge in [0.2, 0.25) is 0 Å². The van der Waals surface area contributed by atoms with E-state index in [2.05, 4.69) is 19.2 Å². The average molecular weight is 181 g/mol. The van der Waals surface area contributed by atoms with Crippen LogP contribution in [-0.2, 0) is 0 Å². The molecule has 1 N–H and O–H groups in total. The number of nitrogens with one attached hydrogen (secondary N) is 1. The lowest BCUT2D eigenvalue weighted by molar-refractivity contribution is 0.206. The SMILES string of the molecule is CCC1CC(C)CCC1NC1CC1. The fourth-order valence-electron chi connectivity index (χ4n) is 2.72. The number of hydrogen-bond acceptors (Lipinski definition) is 1. The molecule has 0 aromatic carbocycles. The third-order valence-electron chi connectivity index (χ3n) is 3.80. The fourth-order valence-corrected chi connectivity index (χ4v) is 2.72. The maximum Gasteiger partial charge on any atom is 0.00980 e. The second-order valence-electron chi connectivity index (χ2n) is 5.13. The van der Waals surface area contributed by atoms with Crippen molar-refractivity contribution in [1.29, 1.82) is 0 Å². The summed E-state index contributed by atoms with van der Waals surface area (Å²) < 4.78 is 0. The normalized spacial score (nSPS) is 40.6. The van der Waals surface area contributed by atoms with Crippen LogP contribution in [0.1, 0.15) is 52.4 Å². The van der Waals surface area contributed by atoms with Gasteiger partial charge in [-0.15, -0.1) is 0 Å². The van der Waals surface area contributed by atoms with Crippen LogP contribution in [0.15, 0.2) is 0 Å². The number of hydrogen-bond donors (Lipinski definition) is 1. The zero-order valence-corrected chi connectivity index (χ0v) is 9.05. The molecule has 76 valence electrons. The van der Waals surface area contributed by atoms with E-state index < -0.39 is 0 Å². The van der Waals surface area contributed by atoms with Gasteiger partial charge in [-0.1, -0.05) is 20.3 Å². The van der Waals surface area contributed by atoms with Crippen LogP contribution in [0.2, 0.25) is 0 Å². The summed E-state index contributed by atoms with van der Waals surface area (Å²) in [5, 5.41) is 3.81. The van der Waals surface area contributed by atoms with Crippen LogP contribution < -0.4 is 5.32 Å². The third-order valence-corrected chi connectivity index (χ3v) is 3.80. The van der Waals surface area contributed by atoms with Crippen molar-refractivity contribution in [2.24, 2.45) is 11.8 Å². The van der Waals surface area contributed by atoms with Crippen molar-refractivity contribution < 1.29 is 0 Å². The number of rotatable bonds is 3. The lowest BCUT2D eigenvalue weighted by Gasteiger charge is -2.35. The minimum atomic E-state index is 0.855. The molecule has 0 aliphatic heterocycles. The minimum absolute atomic E-state index is 0.855. The Morgan fingerprint density at radius 1 is 1.15 bits per heavy atom. The Hall–Kier alpha value is -0.0400. The van der Waals surface area contributed by atoms with Gasteiger partial charge < -0.3 is 5.32 Å². The van der Waals surface area contributed by atoms with E-state index >= 15 is 0 Å². The monoisotopic (exact) mass is 181 g/mol. The molecule has 0 aromatic heterocycles. The van der Waals surface area contributed by atoms with Gasteiger partial charge in [0, 0.05) is 12.1 Å². The topological polar surface area (TPSA) is 12.0 Å². The molecule has 0 spiro atoms. The summed E-state index contributed by atoms with van der Waals surface area (Å²) in [5.74, 6) is 1.94. The molecule has 0 amide bonds. The molecule has 2 rings (SSSR count). The summed E-state index contributed by atoms with van der Waals surface area (Å²) in [6.45, 7) is 4.76. The van der Waals surface area contributed by atoms with Crippen molar-refractivity contribution in [3.63, 3.8) is 0 Å². The Labute approximate surface area is 82.3 Å². The summed E-state index contributed by atoms with van der Waals surface area (Å²) in [7, 11) is 0. The fraction of sp³-hybridized carbons (Fsp3) is 1.00. The molecule has 2 aliphatic rings. The van der Waals surface area contributed by atoms with Gasteiger partial charge >= 0.3 is 0 Å². The lowest BCUT2D eigenvalue weighted by Crippen LogP contribution is -2.41. The molecule has 1 heteroatoms. The van der Waals surface area contributed by atoms with Crippen LogP contribution in [0.5, 0.6) is 0 Å². The maximum atomic E-state index is 3.81. The first-order valence-electron chi connectivity index (χ1n) is 6.05. The van der Waals surface area contributed by atoms with Crippen LogP contribution in [0.25, 0.3) is 0 Å². The molecule has 0 saturated heterocycles. The Morgan fingerprint density at radius 3 is 2.54 bits per heavy atom. The van der Waals surface area contributed by atoms with Crippen LogP contribution in [0.4, 0.5) is 0 Å². The van der Waals surface area contributed by atoms with Crippen molar-refractivity contribution in [2.45, 2.75) is 64.5 Å². The molecule has 3 unspecified atom stereocenters. The summed E-state index contributed by atoms with van der Waals surface area (Å²) in [5.41, 5.74) is 0. The summed E-state index contributed by atoms with van der Waals surface area (Å²) >= 11 is 0. The zero-order valence-electron chi connectivity index (χ0n) is 9.05. The lowest BCUT2D eigenvalue weighted by atomic mass is 9.77. The first-order valence-corrected chi connectivity index (χ1v) is 6.05. The van der Waals surface area contributed by atoms with Gasteiger partial charge in [-0.3, -0.25) is 0 Å². The minimum Gasteiger partial charge on any atom is -0.311 e. The second-order valence-corrected chi connectivity index (χ2v) is 5.13. The van der Waals surface area contributed by atoms with E-state index in [0.29, 0.717) is 0 Å². The highest BCUT2D eigenvalue weighted by molar-refractivity contribution is 4.90. The van der Waals surface area contributed by atoms with E-state index in [0.717, 1.165) is 23.9 Å². The van der Waals surface area contributed by atoms with E-state index in [1.165, 1.54) is 38.5 Å². The molecule has 2 fully saturated rings. The first kappa shape index (κ1) is 9.51. The van der Waals surface area contributed by atoms with Crippen molar-refractivity contribution >= 4 is 0 Å². The molecule has 0 heterocycles. The van der Waals surface area contributed by atoms with Gasteiger partial charge in [0.05, 0.1) is 0 Å². The van der Waals surface area contributed by atoms with Gasteiger partial charge in [-0.05, 0) is 43.9 Å². The second kappa shape index (κ2) is 4.00. The molecule has 2 aliphatic carbocycles. The largest absolute Gasteiger partial charge is 0.311 e. The van der Waals surface area contributed by atoms with Crippen molar-refractivity contribution in [1.82, 2.24) is 5.32 Å². The third kappa shape index (κ3) is 2.46. The smallest absolute Gasteiger partial charge is 0.00980 e. The summed E-state index contributed by atoms with van der Waals surface area (Å²) in [6, 6.07) is 1.75. The molecule has 0 radical (unpaired) electrons. The maximum absolute atomic E-state index is 3.81. The highest BCUT2D eigenvalue weighted by atomic mass is 15.0. The predicted molar refractivity (Wildman–Crippen MR) is 56.7 cm³/mol. The Morgan fingerprint density at radius 2 is 1.92 bits per heavy atom. The van der Waals surface area contributed by atoms with Crippen LogP contribution in [-0.4, -0.2) is 12.1 Å². The molecule has 0 bridgehead atoms. The van der Waals surface area contributed by atoms with E-state index in [1.54, 1.807) is 0 Å². The summed E-state index contributed by atoms with van der Waals surface area (Å²) in [6.07, 6.45) is 8.57. The van der Waals surface area contributed by atoms with E-state index in [4.69, 9.17) is 0 Å². The molecular weight excluding hydrogens is 158 g/mol. The van der Waals surface area contributed by atoms with Gasteiger partial charge in [0.25, 0.3) is 0 Å². The molecule has 13 heavy (non-hydrogen) atoms. The average Bonchev–Trinajstić information content (AvgIpc) is 2.92. The summed E-state index contributed by atoms with van der Waals surface area (Å²) in [4.78, 5) is 0. The quantitative estimate of drug-likeness (QED) is 0.706. The van der Waals surface area contributed by atoms with Crippen LogP contribution >= 0.6 is 0 Å². The molecular formula is C12H23N. The van der Waals surface area contributed by atoms with Crippen LogP contribution in [0.3, 0.4) is 0 Å². The van der Waals surface area contributed by atoms with E-state index in [-0.39, 0.29) is 0 Å². The van der Waals surface area contributed by atoms with Gasteiger partial charge in [-0.2, -0.15) is 0 Å². The van der Waals surface area contributed by atoms with Crippen LogP contribution in [0, 0.1) is 11.8 Å². The standard InChI is InChI=1S/C12H23N/c1-3-10-8-9(2)4-7-12(10)13-11-5-6-11/h9-13H,3-8H2,1-2H3. The van der Waals surface area contributed by atoms with Crippen molar-refractivity contribution in [3.8, 4) is 0 Å². The predicted octanol–water partition coefficient (Wildman–Crippen LogP) is 2.95. The van der Waals surface area contributed by atoms with Crippen molar-refractivity contribution in [3.05, 3.63) is 0 Å². The van der Waals surface area contributed by atoms with E-state index in [9.17, 15) is 0 Å². The first-order chi connectivity index (χ1) is 6.29. The highest BCUT2D eigenvalue weighted by Gasteiger charge is 2.31. The van der Waals surface area contributed by atoms with E-state index in [1.807, 2.05) is 0 Å². The molecule has 3 atom stereocenters. The van der Waals surface area contributed by atoms with Crippen molar-refractivity contribution in [2.75, 3.05) is 0 Å². The zero-order chi connectivity index (χ0) is 9.26. The van der Waals surface area contributed by atoms with Gasteiger partial charge in [-0.25, -0.2) is 0 Å². The Balaban J connectivity index is 1.84. The molecule has 0 aromatic rings. The highest BCUT2D eigenvalue weighted by Crippen LogP contribution is 2.33. The van der Waals surface area contributed by atoms with Gasteiger partial charge in [0.15, 0.2) is 0 Å². The molecule has 1 nitrogen and oxygen atoms in total. The molecule has 2 saturated carbocycles. The van der Waals surface area contributed by atoms with Gasteiger partial charge in [0.1, 0.15) is 0 Å².